The van der Waals surface area contributed by atoms with Crippen LogP contribution in [0.1, 0.15) is 40.1 Å². The van der Waals surface area contributed by atoms with Crippen molar-refractivity contribution < 1.29 is 23.9 Å². The zero-order valence-electron chi connectivity index (χ0n) is 20.2. The molecule has 0 bridgehead atoms. The zero-order valence-corrected chi connectivity index (χ0v) is 21.0. The molecule has 0 saturated carbocycles. The molecule has 3 aromatic rings. The number of nitrogens with one attached hydrogen (secondary N) is 2. The third kappa shape index (κ3) is 5.39. The van der Waals surface area contributed by atoms with Gasteiger partial charge in [0.05, 0.1) is 17.9 Å². The molecule has 9 heteroatoms. The van der Waals surface area contributed by atoms with Crippen LogP contribution in [0.4, 0.5) is 17.1 Å². The van der Waals surface area contributed by atoms with Crippen LogP contribution in [0.3, 0.4) is 0 Å². The Morgan fingerprint density at radius 1 is 0.892 bits per heavy atom. The molecule has 1 heterocycles. The number of anilines is 3. The van der Waals surface area contributed by atoms with Crippen molar-refractivity contribution in [2.75, 3.05) is 22.1 Å². The van der Waals surface area contributed by atoms with E-state index < -0.39 is 17.8 Å². The standard InChI is InChI=1S/C28H24ClN3O5/c1-3-17-8-5-6-11-22(17)31-25(33)19-9-7-10-20(16-19)30-24-23(29)26(34)32(27(24)35)21-14-12-18(13-15-21)28(36)37-4-2/h5-16,30H,3-4H2,1-2H3,(H,31,33). The zero-order chi connectivity index (χ0) is 26.5. The van der Waals surface area contributed by atoms with Crippen LogP contribution in [0, 0.1) is 0 Å². The van der Waals surface area contributed by atoms with E-state index in [4.69, 9.17) is 16.3 Å². The Bertz CT molecular complexity index is 1420. The summed E-state index contributed by atoms with van der Waals surface area (Å²) in [4.78, 5) is 51.6. The van der Waals surface area contributed by atoms with Crippen molar-refractivity contribution in [1.29, 1.82) is 0 Å². The van der Waals surface area contributed by atoms with Gasteiger partial charge in [-0.2, -0.15) is 0 Å². The van der Waals surface area contributed by atoms with E-state index in [1.165, 1.54) is 24.3 Å². The molecule has 37 heavy (non-hydrogen) atoms. The first kappa shape index (κ1) is 25.7. The number of carbonyl (C=O) groups is 4. The molecule has 0 radical (unpaired) electrons. The Morgan fingerprint density at radius 3 is 2.32 bits per heavy atom. The molecule has 8 nitrogen and oxygen atoms in total. The Labute approximate surface area is 218 Å². The molecule has 0 fully saturated rings. The van der Waals surface area contributed by atoms with Gasteiger partial charge in [0.15, 0.2) is 0 Å². The van der Waals surface area contributed by atoms with E-state index in [0.29, 0.717) is 16.8 Å². The largest absolute Gasteiger partial charge is 0.462 e. The van der Waals surface area contributed by atoms with Gasteiger partial charge in [-0.3, -0.25) is 14.4 Å². The number of carbonyl (C=O) groups excluding carboxylic acids is 4. The van der Waals surface area contributed by atoms with E-state index in [0.717, 1.165) is 22.6 Å². The highest BCUT2D eigenvalue weighted by Gasteiger charge is 2.39. The third-order valence-electron chi connectivity index (χ3n) is 5.70. The monoisotopic (exact) mass is 517 g/mol. The number of esters is 1. The minimum absolute atomic E-state index is 0.116. The maximum atomic E-state index is 13.1. The lowest BCUT2D eigenvalue weighted by Crippen LogP contribution is -2.32. The predicted molar refractivity (Wildman–Crippen MR) is 142 cm³/mol. The van der Waals surface area contributed by atoms with Gasteiger partial charge in [0.1, 0.15) is 10.7 Å². The number of imide groups is 1. The van der Waals surface area contributed by atoms with Crippen LogP contribution >= 0.6 is 11.6 Å². The topological polar surface area (TPSA) is 105 Å². The minimum Gasteiger partial charge on any atom is -0.462 e. The van der Waals surface area contributed by atoms with E-state index in [1.807, 2.05) is 31.2 Å². The maximum absolute atomic E-state index is 13.1. The Kier molecular flexibility index (Phi) is 7.69. The van der Waals surface area contributed by atoms with E-state index in [9.17, 15) is 19.2 Å². The molecule has 0 atom stereocenters. The summed E-state index contributed by atoms with van der Waals surface area (Å²) in [5.41, 5.74) is 2.92. The lowest BCUT2D eigenvalue weighted by molar-refractivity contribution is -0.120. The number of ether oxygens (including phenoxy) is 1. The van der Waals surface area contributed by atoms with Gasteiger partial charge in [-0.15, -0.1) is 0 Å². The van der Waals surface area contributed by atoms with Gasteiger partial charge in [0.25, 0.3) is 17.7 Å². The highest BCUT2D eigenvalue weighted by atomic mass is 35.5. The van der Waals surface area contributed by atoms with Gasteiger partial charge >= 0.3 is 5.97 Å². The number of para-hydroxylation sites is 1. The number of aryl methyl sites for hydroxylation is 1. The molecule has 1 aliphatic heterocycles. The quantitative estimate of drug-likeness (QED) is 0.317. The molecular weight excluding hydrogens is 494 g/mol. The number of hydrogen-bond donors (Lipinski definition) is 2. The Hall–Kier alpha value is -4.43. The summed E-state index contributed by atoms with van der Waals surface area (Å²) in [5.74, 6) is -2.19. The average Bonchev–Trinajstić information content (AvgIpc) is 3.12. The number of amides is 3. The fourth-order valence-electron chi connectivity index (χ4n) is 3.83. The molecule has 0 aliphatic carbocycles. The summed E-state index contributed by atoms with van der Waals surface area (Å²) in [6.07, 6.45) is 0.767. The number of benzene rings is 3. The van der Waals surface area contributed by atoms with Gasteiger partial charge in [-0.05, 0) is 67.4 Å². The molecule has 0 unspecified atom stereocenters. The summed E-state index contributed by atoms with van der Waals surface area (Å²) in [6.45, 7) is 3.93. The molecule has 0 saturated heterocycles. The second-order valence-electron chi connectivity index (χ2n) is 8.07. The van der Waals surface area contributed by atoms with Crippen LogP contribution < -0.4 is 15.5 Å². The smallest absolute Gasteiger partial charge is 0.338 e. The molecule has 188 valence electrons. The van der Waals surface area contributed by atoms with Crippen molar-refractivity contribution >= 4 is 52.4 Å². The average molecular weight is 518 g/mol. The summed E-state index contributed by atoms with van der Waals surface area (Å²) in [7, 11) is 0. The van der Waals surface area contributed by atoms with E-state index in [-0.39, 0.29) is 28.9 Å². The SMILES string of the molecule is CCOC(=O)c1ccc(N2C(=O)C(Cl)=C(Nc3cccc(C(=O)Nc4ccccc4CC)c3)C2=O)cc1. The first-order valence-corrected chi connectivity index (χ1v) is 12.0. The number of rotatable bonds is 8. The van der Waals surface area contributed by atoms with Gasteiger partial charge in [0.2, 0.25) is 0 Å². The van der Waals surface area contributed by atoms with Crippen molar-refractivity contribution in [3.8, 4) is 0 Å². The fourth-order valence-corrected chi connectivity index (χ4v) is 4.05. The highest BCUT2D eigenvalue weighted by molar-refractivity contribution is 6.53. The Balaban J connectivity index is 1.51. The third-order valence-corrected chi connectivity index (χ3v) is 6.06. The second kappa shape index (κ2) is 11.1. The van der Waals surface area contributed by atoms with Crippen LogP contribution in [0.25, 0.3) is 0 Å². The number of hydrogen-bond acceptors (Lipinski definition) is 6. The van der Waals surface area contributed by atoms with Crippen LogP contribution in [0.15, 0.2) is 83.5 Å². The van der Waals surface area contributed by atoms with Crippen molar-refractivity contribution in [2.45, 2.75) is 20.3 Å². The first-order valence-electron chi connectivity index (χ1n) is 11.7. The van der Waals surface area contributed by atoms with Gasteiger partial charge in [-0.25, -0.2) is 9.69 Å². The maximum Gasteiger partial charge on any atom is 0.338 e. The predicted octanol–water partition coefficient (Wildman–Crippen LogP) is 5.11. The van der Waals surface area contributed by atoms with Crippen molar-refractivity contribution in [2.24, 2.45) is 0 Å². The summed E-state index contributed by atoms with van der Waals surface area (Å²) < 4.78 is 4.95. The summed E-state index contributed by atoms with van der Waals surface area (Å²) >= 11 is 6.24. The van der Waals surface area contributed by atoms with Crippen LogP contribution in [0.2, 0.25) is 0 Å². The molecule has 0 aromatic heterocycles. The van der Waals surface area contributed by atoms with Gasteiger partial charge in [-0.1, -0.05) is 42.8 Å². The van der Waals surface area contributed by atoms with E-state index >= 15 is 0 Å². The number of nitrogens with zero attached hydrogens (tertiary/aromatic N) is 1. The second-order valence-corrected chi connectivity index (χ2v) is 8.45. The first-order chi connectivity index (χ1) is 17.8. The molecule has 4 rings (SSSR count). The minimum atomic E-state index is -0.705. The summed E-state index contributed by atoms with van der Waals surface area (Å²) in [5, 5.41) is 5.50. The van der Waals surface area contributed by atoms with Crippen LogP contribution in [-0.2, 0) is 20.7 Å². The number of halogens is 1. The van der Waals surface area contributed by atoms with Crippen LogP contribution in [-0.4, -0.2) is 30.3 Å². The normalized spacial score (nSPS) is 13.1. The van der Waals surface area contributed by atoms with E-state index in [1.54, 1.807) is 31.2 Å². The van der Waals surface area contributed by atoms with Crippen molar-refractivity contribution in [1.82, 2.24) is 0 Å². The molecular formula is C28H24ClN3O5. The lowest BCUT2D eigenvalue weighted by atomic mass is 10.1. The molecule has 0 spiro atoms. The van der Waals surface area contributed by atoms with Gasteiger partial charge in [0, 0.05) is 16.9 Å². The Morgan fingerprint density at radius 2 is 1.62 bits per heavy atom. The van der Waals surface area contributed by atoms with E-state index in [2.05, 4.69) is 10.6 Å². The lowest BCUT2D eigenvalue weighted by Gasteiger charge is -2.15. The molecule has 2 N–H and O–H groups in total. The fraction of sp³-hybridized carbons (Fsp3) is 0.143. The molecule has 3 amide bonds. The molecule has 1 aliphatic rings. The van der Waals surface area contributed by atoms with Gasteiger partial charge < -0.3 is 15.4 Å². The summed E-state index contributed by atoms with van der Waals surface area (Å²) in [6, 6.07) is 19.9. The van der Waals surface area contributed by atoms with Crippen LogP contribution in [0.5, 0.6) is 0 Å². The van der Waals surface area contributed by atoms with Crippen molar-refractivity contribution in [3.05, 3.63) is 100 Å². The van der Waals surface area contributed by atoms with Crippen molar-refractivity contribution in [3.63, 3.8) is 0 Å². The molecule has 3 aromatic carbocycles. The highest BCUT2D eigenvalue weighted by Crippen LogP contribution is 2.30.